The Morgan fingerprint density at radius 3 is 1.74 bits per heavy atom. The second-order valence-corrected chi connectivity index (χ2v) is 15.9. The van der Waals surface area contributed by atoms with E-state index < -0.39 is 0 Å². The van der Waals surface area contributed by atoms with E-state index in [4.69, 9.17) is 0 Å². The summed E-state index contributed by atoms with van der Waals surface area (Å²) in [7, 11) is 0. The summed E-state index contributed by atoms with van der Waals surface area (Å²) in [6.45, 7) is 0. The molecular formula is C54H34N2S. The molecule has 0 saturated carbocycles. The number of anilines is 3. The average Bonchev–Trinajstić information content (AvgIpc) is 3.95. The zero-order chi connectivity index (χ0) is 37.5. The Labute approximate surface area is 334 Å². The summed E-state index contributed by atoms with van der Waals surface area (Å²) in [6, 6.07) is 75.7. The summed E-state index contributed by atoms with van der Waals surface area (Å²) in [5.41, 5.74) is 14.3. The Hall–Kier alpha value is -7.20. The number of hydrogen-bond acceptors (Lipinski definition) is 2. The van der Waals surface area contributed by atoms with Crippen LogP contribution >= 0.6 is 11.3 Å². The van der Waals surface area contributed by atoms with Crippen LogP contribution in [0.25, 0.3) is 91.6 Å². The molecule has 0 atom stereocenters. The molecule has 0 amide bonds. The third-order valence-electron chi connectivity index (χ3n) is 11.7. The zero-order valence-electron chi connectivity index (χ0n) is 30.9. The molecule has 3 aromatic heterocycles. The number of benzene rings is 9. The minimum atomic E-state index is 1.11. The number of fused-ring (bicyclic) bond motifs is 9. The van der Waals surface area contributed by atoms with Crippen LogP contribution < -0.4 is 4.90 Å². The Morgan fingerprint density at radius 1 is 0.368 bits per heavy atom. The highest BCUT2D eigenvalue weighted by Crippen LogP contribution is 2.48. The van der Waals surface area contributed by atoms with Gasteiger partial charge in [-0.15, -0.1) is 11.3 Å². The third-order valence-corrected chi connectivity index (χ3v) is 12.9. The van der Waals surface area contributed by atoms with Crippen molar-refractivity contribution in [3.8, 4) is 33.4 Å². The molecule has 9 aromatic carbocycles. The summed E-state index contributed by atoms with van der Waals surface area (Å²) in [5.74, 6) is 0. The highest BCUT2D eigenvalue weighted by atomic mass is 32.1. The zero-order valence-corrected chi connectivity index (χ0v) is 31.7. The van der Waals surface area contributed by atoms with Gasteiger partial charge in [-0.3, -0.25) is 0 Å². The maximum atomic E-state index is 2.48. The number of nitrogens with zero attached hydrogens (tertiary/aromatic N) is 2. The number of hydrogen-bond donors (Lipinski definition) is 0. The Morgan fingerprint density at radius 2 is 0.965 bits per heavy atom. The second kappa shape index (κ2) is 12.7. The molecule has 0 aliphatic carbocycles. The highest BCUT2D eigenvalue weighted by molar-refractivity contribution is 7.26. The average molecular weight is 743 g/mol. The van der Waals surface area contributed by atoms with Crippen LogP contribution in [0.2, 0.25) is 0 Å². The molecule has 12 aromatic rings. The first kappa shape index (κ1) is 32.1. The molecule has 0 saturated heterocycles. The van der Waals surface area contributed by atoms with Gasteiger partial charge in [-0.2, -0.15) is 0 Å². The fourth-order valence-electron chi connectivity index (χ4n) is 9.17. The van der Waals surface area contributed by atoms with Gasteiger partial charge in [0.05, 0.1) is 22.2 Å². The van der Waals surface area contributed by atoms with E-state index in [0.29, 0.717) is 0 Å². The van der Waals surface area contributed by atoms with Crippen molar-refractivity contribution >= 4 is 86.7 Å². The summed E-state index contributed by atoms with van der Waals surface area (Å²) >= 11 is 1.88. The van der Waals surface area contributed by atoms with Crippen molar-refractivity contribution in [2.45, 2.75) is 0 Å². The lowest BCUT2D eigenvalue weighted by Crippen LogP contribution is -2.11. The lowest BCUT2D eigenvalue weighted by Gasteiger charge is -2.28. The van der Waals surface area contributed by atoms with E-state index in [0.717, 1.165) is 17.1 Å². The van der Waals surface area contributed by atoms with Crippen molar-refractivity contribution in [3.05, 3.63) is 206 Å². The molecule has 0 bridgehead atoms. The molecule has 2 nitrogen and oxygen atoms in total. The molecule has 0 spiro atoms. The van der Waals surface area contributed by atoms with Crippen LogP contribution in [0.4, 0.5) is 17.1 Å². The minimum Gasteiger partial charge on any atom is -0.310 e. The first-order valence-electron chi connectivity index (χ1n) is 19.5. The van der Waals surface area contributed by atoms with Crippen LogP contribution in [0, 0.1) is 0 Å². The van der Waals surface area contributed by atoms with Gasteiger partial charge < -0.3 is 9.30 Å². The van der Waals surface area contributed by atoms with Gasteiger partial charge >= 0.3 is 0 Å². The van der Waals surface area contributed by atoms with E-state index in [1.54, 1.807) is 0 Å². The Bertz CT molecular complexity index is 3390. The van der Waals surface area contributed by atoms with Crippen LogP contribution in [-0.2, 0) is 0 Å². The normalized spacial score (nSPS) is 11.9. The molecule has 266 valence electrons. The third kappa shape index (κ3) is 4.96. The van der Waals surface area contributed by atoms with E-state index in [1.165, 1.54) is 91.6 Å². The van der Waals surface area contributed by atoms with Crippen LogP contribution in [0.5, 0.6) is 0 Å². The van der Waals surface area contributed by atoms with Crippen molar-refractivity contribution in [3.63, 3.8) is 0 Å². The molecule has 12 rings (SSSR count). The molecule has 3 heterocycles. The lowest BCUT2D eigenvalue weighted by atomic mass is 9.96. The van der Waals surface area contributed by atoms with Gasteiger partial charge in [-0.05, 0) is 88.0 Å². The number of aromatic nitrogens is 1. The standard InChI is InChI=1S/C54H34N2S/c1-3-14-35(15-4-1)38-32-39(36-16-5-2-6-17-36)34-41(33-38)55(40-30-28-37(29-31-40)42-20-11-22-46-44-19-8-10-27-51(44)57-54(42)46)49-25-13-26-50-52(49)47-23-12-21-45-43-18-7-9-24-48(43)56(50)53(45)47/h1-34H. The SMILES string of the molecule is c1ccc(-c2cc(-c3ccccc3)cc(N(c3ccc(-c4cccc5c4sc4ccccc45)cc3)c3cccc4c3c3cccc5c6ccccc6n4c53)c2)cc1. The summed E-state index contributed by atoms with van der Waals surface area (Å²) in [4.78, 5) is 2.48. The fourth-order valence-corrected chi connectivity index (χ4v) is 10.4. The smallest absolute Gasteiger partial charge is 0.0621 e. The molecule has 0 aliphatic rings. The monoisotopic (exact) mass is 742 g/mol. The minimum absolute atomic E-state index is 1.11. The molecule has 0 unspecified atom stereocenters. The van der Waals surface area contributed by atoms with E-state index in [9.17, 15) is 0 Å². The van der Waals surface area contributed by atoms with Crippen molar-refractivity contribution < 1.29 is 0 Å². The van der Waals surface area contributed by atoms with Crippen LogP contribution in [-0.4, -0.2) is 4.40 Å². The van der Waals surface area contributed by atoms with Gasteiger partial charge in [0.25, 0.3) is 0 Å². The Balaban J connectivity index is 1.12. The van der Waals surface area contributed by atoms with Gasteiger partial charge in [0.15, 0.2) is 0 Å². The van der Waals surface area contributed by atoms with E-state index >= 15 is 0 Å². The quantitative estimate of drug-likeness (QED) is 0.165. The van der Waals surface area contributed by atoms with Crippen molar-refractivity contribution in [1.29, 1.82) is 0 Å². The Kier molecular flexibility index (Phi) is 7.13. The van der Waals surface area contributed by atoms with E-state index in [-0.39, 0.29) is 0 Å². The molecule has 0 aliphatic heterocycles. The molecule has 0 fully saturated rings. The van der Waals surface area contributed by atoms with Gasteiger partial charge in [0, 0.05) is 53.1 Å². The lowest BCUT2D eigenvalue weighted by molar-refractivity contribution is 1.29. The van der Waals surface area contributed by atoms with Crippen molar-refractivity contribution in [1.82, 2.24) is 4.40 Å². The number of rotatable bonds is 6. The topological polar surface area (TPSA) is 7.65 Å². The molecule has 0 radical (unpaired) electrons. The van der Waals surface area contributed by atoms with Gasteiger partial charge in [-0.1, -0.05) is 152 Å². The highest BCUT2D eigenvalue weighted by Gasteiger charge is 2.24. The van der Waals surface area contributed by atoms with E-state index in [1.807, 2.05) is 11.3 Å². The second-order valence-electron chi connectivity index (χ2n) is 14.9. The van der Waals surface area contributed by atoms with Crippen LogP contribution in [0.15, 0.2) is 206 Å². The predicted molar refractivity (Wildman–Crippen MR) is 245 cm³/mol. The van der Waals surface area contributed by atoms with E-state index in [2.05, 4.69) is 216 Å². The first-order valence-corrected chi connectivity index (χ1v) is 20.3. The molecule has 57 heavy (non-hydrogen) atoms. The van der Waals surface area contributed by atoms with Crippen molar-refractivity contribution in [2.24, 2.45) is 0 Å². The molecular weight excluding hydrogens is 709 g/mol. The first-order chi connectivity index (χ1) is 28.3. The summed E-state index contributed by atoms with van der Waals surface area (Å²) in [5, 5.41) is 7.71. The summed E-state index contributed by atoms with van der Waals surface area (Å²) in [6.07, 6.45) is 0. The van der Waals surface area contributed by atoms with Gasteiger partial charge in [-0.25, -0.2) is 0 Å². The predicted octanol–water partition coefficient (Wildman–Crippen LogP) is 15.7. The van der Waals surface area contributed by atoms with Crippen LogP contribution in [0.3, 0.4) is 0 Å². The maximum absolute atomic E-state index is 2.48. The molecule has 3 heteroatoms. The largest absolute Gasteiger partial charge is 0.310 e. The number of para-hydroxylation sites is 2. The maximum Gasteiger partial charge on any atom is 0.0621 e. The number of thiophene rings is 1. The molecule has 0 N–H and O–H groups in total. The van der Waals surface area contributed by atoms with Crippen LogP contribution in [0.1, 0.15) is 0 Å². The van der Waals surface area contributed by atoms with Crippen molar-refractivity contribution in [2.75, 3.05) is 4.90 Å². The van der Waals surface area contributed by atoms with Gasteiger partial charge in [0.1, 0.15) is 0 Å². The fraction of sp³-hybridized carbons (Fsp3) is 0. The van der Waals surface area contributed by atoms with Gasteiger partial charge in [0.2, 0.25) is 0 Å². The summed E-state index contributed by atoms with van der Waals surface area (Å²) < 4.78 is 5.12.